The molecule has 0 aliphatic heterocycles. The quantitative estimate of drug-likeness (QED) is 0.866. The minimum absolute atomic E-state index is 0.0420. The van der Waals surface area contributed by atoms with Crippen molar-refractivity contribution in [1.82, 2.24) is 5.16 Å². The molecule has 3 rings (SSSR count). The maximum absolute atomic E-state index is 12.2. The fourth-order valence-electron chi connectivity index (χ4n) is 2.44. The van der Waals surface area contributed by atoms with Gasteiger partial charge in [-0.25, -0.2) is 0 Å². The molecule has 1 aromatic carbocycles. The summed E-state index contributed by atoms with van der Waals surface area (Å²) in [4.78, 5) is 12.2. The molecule has 0 bridgehead atoms. The number of anilines is 1. The molecule has 0 radical (unpaired) electrons. The average molecular weight is 339 g/mol. The highest BCUT2D eigenvalue weighted by molar-refractivity contribution is 6.42. The molecule has 22 heavy (non-hydrogen) atoms. The van der Waals surface area contributed by atoms with E-state index in [4.69, 9.17) is 27.7 Å². The third kappa shape index (κ3) is 3.13. The van der Waals surface area contributed by atoms with Crippen molar-refractivity contribution in [2.45, 2.75) is 32.1 Å². The van der Waals surface area contributed by atoms with Crippen LogP contribution in [-0.2, 0) is 4.79 Å². The normalized spacial score (nSPS) is 20.2. The van der Waals surface area contributed by atoms with Gasteiger partial charge in [0.15, 0.2) is 5.82 Å². The maximum Gasteiger partial charge on any atom is 0.229 e. The van der Waals surface area contributed by atoms with E-state index < -0.39 is 0 Å². The zero-order valence-corrected chi connectivity index (χ0v) is 13.8. The summed E-state index contributed by atoms with van der Waals surface area (Å²) in [6.45, 7) is 4.01. The number of hydrogen-bond acceptors (Lipinski definition) is 3. The second-order valence-electron chi connectivity index (χ2n) is 5.88. The molecule has 1 aliphatic rings. The predicted molar refractivity (Wildman–Crippen MR) is 86.5 cm³/mol. The molecule has 0 unspecified atom stereocenters. The third-order valence-corrected chi connectivity index (χ3v) is 4.59. The second kappa shape index (κ2) is 5.94. The van der Waals surface area contributed by atoms with Gasteiger partial charge in [-0.1, -0.05) is 48.3 Å². The molecule has 1 N–H and O–H groups in total. The van der Waals surface area contributed by atoms with E-state index in [0.717, 1.165) is 17.7 Å². The van der Waals surface area contributed by atoms with E-state index >= 15 is 0 Å². The van der Waals surface area contributed by atoms with Crippen molar-refractivity contribution in [3.63, 3.8) is 0 Å². The summed E-state index contributed by atoms with van der Waals surface area (Å²) < 4.78 is 5.17. The topological polar surface area (TPSA) is 55.1 Å². The molecule has 1 saturated carbocycles. The lowest BCUT2D eigenvalue weighted by atomic mass is 10.1. The molecular formula is C16H16Cl2N2O2. The first kappa shape index (κ1) is 15.4. The standard InChI is InChI=1S/C16H16Cl2N2O2/c1-8(2)14-7-15(20-22-14)19-16(21)11-6-10(11)9-3-4-12(17)13(18)5-9/h3-5,7-8,10-11H,6H2,1-2H3,(H,19,20,21)/t10-,11+/m0/s1. The third-order valence-electron chi connectivity index (χ3n) is 3.85. The number of aromatic nitrogens is 1. The molecule has 1 aromatic heterocycles. The lowest BCUT2D eigenvalue weighted by molar-refractivity contribution is -0.117. The van der Waals surface area contributed by atoms with E-state index in [-0.39, 0.29) is 23.7 Å². The number of nitrogens with one attached hydrogen (secondary N) is 1. The molecule has 1 aliphatic carbocycles. The van der Waals surface area contributed by atoms with Crippen molar-refractivity contribution < 1.29 is 9.32 Å². The van der Waals surface area contributed by atoms with Crippen molar-refractivity contribution in [3.05, 3.63) is 45.6 Å². The molecule has 4 nitrogen and oxygen atoms in total. The molecule has 116 valence electrons. The van der Waals surface area contributed by atoms with Gasteiger partial charge in [-0.15, -0.1) is 0 Å². The van der Waals surface area contributed by atoms with Crippen LogP contribution in [0.2, 0.25) is 10.0 Å². The first-order valence-electron chi connectivity index (χ1n) is 7.18. The Kier molecular flexibility index (Phi) is 4.15. The van der Waals surface area contributed by atoms with Crippen LogP contribution in [0.3, 0.4) is 0 Å². The molecule has 1 amide bonds. The van der Waals surface area contributed by atoms with Gasteiger partial charge in [-0.05, 0) is 30.0 Å². The first-order chi connectivity index (χ1) is 10.5. The monoisotopic (exact) mass is 338 g/mol. The van der Waals surface area contributed by atoms with Gasteiger partial charge >= 0.3 is 0 Å². The lowest BCUT2D eigenvalue weighted by Gasteiger charge is -2.03. The van der Waals surface area contributed by atoms with Gasteiger partial charge in [0, 0.05) is 17.9 Å². The summed E-state index contributed by atoms with van der Waals surface area (Å²) in [6.07, 6.45) is 0.804. The Morgan fingerprint density at radius 2 is 2.09 bits per heavy atom. The number of carbonyl (C=O) groups excluding carboxylic acids is 1. The van der Waals surface area contributed by atoms with Gasteiger partial charge in [0.05, 0.1) is 10.0 Å². The fraction of sp³-hybridized carbons (Fsp3) is 0.375. The largest absolute Gasteiger partial charge is 0.359 e. The van der Waals surface area contributed by atoms with E-state index in [1.54, 1.807) is 12.1 Å². The summed E-state index contributed by atoms with van der Waals surface area (Å²) in [6, 6.07) is 7.27. The Labute approximate surface area is 138 Å². The number of halogens is 2. The molecular weight excluding hydrogens is 323 g/mol. The Morgan fingerprint density at radius 1 is 1.32 bits per heavy atom. The van der Waals surface area contributed by atoms with Gasteiger partial charge in [0.2, 0.25) is 5.91 Å². The molecule has 1 fully saturated rings. The van der Waals surface area contributed by atoms with E-state index in [1.807, 2.05) is 26.0 Å². The Bertz CT molecular complexity index is 712. The van der Waals surface area contributed by atoms with E-state index in [0.29, 0.717) is 15.9 Å². The SMILES string of the molecule is CC(C)c1cc(NC(=O)[C@@H]2C[C@H]2c2ccc(Cl)c(Cl)c2)no1. The number of rotatable bonds is 4. The highest BCUT2D eigenvalue weighted by Gasteiger charge is 2.44. The van der Waals surface area contributed by atoms with Crippen LogP contribution in [0.5, 0.6) is 0 Å². The second-order valence-corrected chi connectivity index (χ2v) is 6.70. The molecule has 1 heterocycles. The van der Waals surface area contributed by atoms with Gasteiger partial charge in [-0.3, -0.25) is 4.79 Å². The lowest BCUT2D eigenvalue weighted by Crippen LogP contribution is -2.14. The zero-order chi connectivity index (χ0) is 15.9. The van der Waals surface area contributed by atoms with Crippen LogP contribution >= 0.6 is 23.2 Å². The molecule has 6 heteroatoms. The number of nitrogens with zero attached hydrogens (tertiary/aromatic N) is 1. The Hall–Kier alpha value is -1.52. The zero-order valence-electron chi connectivity index (χ0n) is 12.3. The van der Waals surface area contributed by atoms with Crippen LogP contribution in [0, 0.1) is 5.92 Å². The average Bonchev–Trinajstić information content (AvgIpc) is 3.14. The molecule has 2 atom stereocenters. The maximum atomic E-state index is 12.2. The summed E-state index contributed by atoms with van der Waals surface area (Å²) in [5.74, 6) is 1.55. The highest BCUT2D eigenvalue weighted by Crippen LogP contribution is 2.48. The van der Waals surface area contributed by atoms with Gasteiger partial charge < -0.3 is 9.84 Å². The van der Waals surface area contributed by atoms with Crippen molar-refractivity contribution in [2.75, 3.05) is 5.32 Å². The van der Waals surface area contributed by atoms with Gasteiger partial charge in [0.25, 0.3) is 0 Å². The van der Waals surface area contributed by atoms with E-state index in [1.165, 1.54) is 0 Å². The van der Waals surface area contributed by atoms with Crippen LogP contribution in [0.25, 0.3) is 0 Å². The van der Waals surface area contributed by atoms with Crippen LogP contribution in [0.1, 0.15) is 43.4 Å². The number of hydrogen-bond donors (Lipinski definition) is 1. The van der Waals surface area contributed by atoms with Crippen molar-refractivity contribution >= 4 is 34.9 Å². The minimum atomic E-state index is -0.0588. The van der Waals surface area contributed by atoms with Crippen molar-refractivity contribution in [1.29, 1.82) is 0 Å². The highest BCUT2D eigenvalue weighted by atomic mass is 35.5. The van der Waals surface area contributed by atoms with Crippen LogP contribution in [-0.4, -0.2) is 11.1 Å². The van der Waals surface area contributed by atoms with Crippen LogP contribution in [0.4, 0.5) is 5.82 Å². The summed E-state index contributed by atoms with van der Waals surface area (Å²) >= 11 is 11.9. The van der Waals surface area contributed by atoms with E-state index in [9.17, 15) is 4.79 Å². The van der Waals surface area contributed by atoms with Gasteiger partial charge in [-0.2, -0.15) is 0 Å². The molecule has 0 spiro atoms. The predicted octanol–water partition coefficient (Wildman–Crippen LogP) is 4.85. The molecule has 2 aromatic rings. The van der Waals surface area contributed by atoms with Crippen LogP contribution < -0.4 is 5.32 Å². The number of amides is 1. The Morgan fingerprint density at radius 3 is 2.73 bits per heavy atom. The molecule has 0 saturated heterocycles. The summed E-state index contributed by atoms with van der Waals surface area (Å²) in [5.41, 5.74) is 1.04. The van der Waals surface area contributed by atoms with Gasteiger partial charge in [0.1, 0.15) is 5.76 Å². The van der Waals surface area contributed by atoms with Crippen LogP contribution in [0.15, 0.2) is 28.8 Å². The van der Waals surface area contributed by atoms with E-state index in [2.05, 4.69) is 10.5 Å². The minimum Gasteiger partial charge on any atom is -0.359 e. The fourth-order valence-corrected chi connectivity index (χ4v) is 2.74. The summed E-state index contributed by atoms with van der Waals surface area (Å²) in [7, 11) is 0. The van der Waals surface area contributed by atoms with Crippen molar-refractivity contribution in [2.24, 2.45) is 5.92 Å². The smallest absolute Gasteiger partial charge is 0.229 e. The van der Waals surface area contributed by atoms with Crippen molar-refractivity contribution in [3.8, 4) is 0 Å². The Balaban J connectivity index is 1.63. The number of carbonyl (C=O) groups is 1. The summed E-state index contributed by atoms with van der Waals surface area (Å²) in [5, 5.41) is 7.71. The number of benzene rings is 1. The first-order valence-corrected chi connectivity index (χ1v) is 7.93.